The molecule has 0 radical (unpaired) electrons. The molecule has 7 heteroatoms. The summed E-state index contributed by atoms with van der Waals surface area (Å²) in [5, 5.41) is 0. The number of anilines is 1. The van der Waals surface area contributed by atoms with Gasteiger partial charge >= 0.3 is 5.97 Å². The van der Waals surface area contributed by atoms with Gasteiger partial charge in [0.15, 0.2) is 0 Å². The maximum Gasteiger partial charge on any atom is 0.337 e. The van der Waals surface area contributed by atoms with Crippen molar-refractivity contribution >= 4 is 29.5 Å². The minimum Gasteiger partial charge on any atom is -0.497 e. The third-order valence-electron chi connectivity index (χ3n) is 4.93. The van der Waals surface area contributed by atoms with Gasteiger partial charge in [0, 0.05) is 5.56 Å². The number of rotatable bonds is 5. The van der Waals surface area contributed by atoms with Gasteiger partial charge < -0.3 is 9.47 Å². The molecule has 1 aliphatic heterocycles. The zero-order chi connectivity index (χ0) is 22.7. The predicted octanol–water partition coefficient (Wildman–Crippen LogP) is 4.46. The van der Waals surface area contributed by atoms with Crippen LogP contribution in [0.15, 0.2) is 83.5 Å². The number of methoxy groups -OCH3 is 2. The Morgan fingerprint density at radius 2 is 1.59 bits per heavy atom. The maximum absolute atomic E-state index is 13.5. The van der Waals surface area contributed by atoms with E-state index in [0.29, 0.717) is 34.0 Å². The summed E-state index contributed by atoms with van der Waals surface area (Å²) in [6.45, 7) is 0. The summed E-state index contributed by atoms with van der Waals surface area (Å²) < 4.78 is 23.4. The second-order valence-electron chi connectivity index (χ2n) is 6.92. The fourth-order valence-corrected chi connectivity index (χ4v) is 3.27. The lowest BCUT2D eigenvalue weighted by atomic mass is 10.1. The Bertz CT molecular complexity index is 1210. The molecule has 0 saturated heterocycles. The summed E-state index contributed by atoms with van der Waals surface area (Å²) >= 11 is 0. The van der Waals surface area contributed by atoms with Crippen LogP contribution in [0.25, 0.3) is 6.08 Å². The topological polar surface area (TPSA) is 68.2 Å². The first-order chi connectivity index (χ1) is 15.5. The van der Waals surface area contributed by atoms with Crippen molar-refractivity contribution in [3.8, 4) is 5.75 Å². The van der Waals surface area contributed by atoms with Crippen molar-refractivity contribution in [3.05, 3.63) is 101 Å². The Morgan fingerprint density at radius 1 is 0.938 bits per heavy atom. The molecule has 0 atom stereocenters. The number of nitrogens with zero attached hydrogens (tertiary/aromatic N) is 2. The van der Waals surface area contributed by atoms with Gasteiger partial charge in [0.05, 0.1) is 25.5 Å². The molecular formula is C25H19FN2O4. The number of halogens is 1. The van der Waals surface area contributed by atoms with E-state index in [1.54, 1.807) is 61.7 Å². The monoisotopic (exact) mass is 430 g/mol. The highest BCUT2D eigenvalue weighted by Gasteiger charge is 2.32. The smallest absolute Gasteiger partial charge is 0.337 e. The number of amides is 1. The first-order valence-electron chi connectivity index (χ1n) is 9.73. The van der Waals surface area contributed by atoms with Crippen LogP contribution in [0.1, 0.15) is 21.5 Å². The largest absolute Gasteiger partial charge is 0.497 e. The van der Waals surface area contributed by atoms with E-state index >= 15 is 0 Å². The molecule has 6 nitrogen and oxygen atoms in total. The minimum atomic E-state index is -0.441. The summed E-state index contributed by atoms with van der Waals surface area (Å²) in [6.07, 6.45) is 1.64. The van der Waals surface area contributed by atoms with Crippen LogP contribution < -0.4 is 9.64 Å². The fourth-order valence-electron chi connectivity index (χ4n) is 3.27. The molecule has 32 heavy (non-hydrogen) atoms. The first-order valence-corrected chi connectivity index (χ1v) is 9.73. The van der Waals surface area contributed by atoms with Crippen LogP contribution in [0.2, 0.25) is 0 Å². The van der Waals surface area contributed by atoms with E-state index in [2.05, 4.69) is 4.99 Å². The van der Waals surface area contributed by atoms with Crippen LogP contribution in [0.3, 0.4) is 0 Å². The van der Waals surface area contributed by atoms with Gasteiger partial charge in [0.25, 0.3) is 5.91 Å². The molecule has 0 unspecified atom stereocenters. The van der Waals surface area contributed by atoms with E-state index in [1.807, 2.05) is 0 Å². The van der Waals surface area contributed by atoms with E-state index in [4.69, 9.17) is 9.47 Å². The highest BCUT2D eigenvalue weighted by molar-refractivity contribution is 6.33. The summed E-state index contributed by atoms with van der Waals surface area (Å²) in [7, 11) is 2.89. The number of benzene rings is 3. The lowest BCUT2D eigenvalue weighted by Gasteiger charge is -2.18. The summed E-state index contributed by atoms with van der Waals surface area (Å²) in [5.41, 5.74) is 2.51. The Morgan fingerprint density at radius 3 is 2.19 bits per heavy atom. The van der Waals surface area contributed by atoms with Crippen LogP contribution in [-0.4, -0.2) is 31.9 Å². The van der Waals surface area contributed by atoms with Gasteiger partial charge in [0.1, 0.15) is 23.1 Å². The standard InChI is InChI=1S/C25H19FN2O4/c1-31-21-13-7-17(8-14-21)23-27-22(15-16-3-5-18(6-4-16)25(30)32-2)24(29)28(23)20-11-9-19(26)10-12-20/h3-15H,1-2H3. The molecule has 0 aromatic heterocycles. The third kappa shape index (κ3) is 4.13. The minimum absolute atomic E-state index is 0.214. The van der Waals surface area contributed by atoms with Gasteiger partial charge in [-0.2, -0.15) is 0 Å². The molecule has 0 bridgehead atoms. The fraction of sp³-hybridized carbons (Fsp3) is 0.0800. The van der Waals surface area contributed by atoms with Crippen LogP contribution >= 0.6 is 0 Å². The number of hydrogen-bond donors (Lipinski definition) is 0. The van der Waals surface area contributed by atoms with Crippen LogP contribution in [0, 0.1) is 5.82 Å². The van der Waals surface area contributed by atoms with Crippen molar-refractivity contribution in [2.24, 2.45) is 4.99 Å². The average Bonchev–Trinajstić information content (AvgIpc) is 3.15. The molecule has 0 spiro atoms. The summed E-state index contributed by atoms with van der Waals surface area (Å²) in [6, 6.07) is 19.4. The number of esters is 1. The van der Waals surface area contributed by atoms with E-state index in [-0.39, 0.29) is 11.6 Å². The number of hydrogen-bond acceptors (Lipinski definition) is 5. The predicted molar refractivity (Wildman–Crippen MR) is 119 cm³/mol. The second-order valence-corrected chi connectivity index (χ2v) is 6.92. The van der Waals surface area contributed by atoms with Crippen LogP contribution in [0.4, 0.5) is 10.1 Å². The van der Waals surface area contributed by atoms with Crippen molar-refractivity contribution in [1.29, 1.82) is 0 Å². The molecule has 0 saturated carbocycles. The molecule has 1 heterocycles. The van der Waals surface area contributed by atoms with Gasteiger partial charge in [-0.1, -0.05) is 12.1 Å². The van der Waals surface area contributed by atoms with Gasteiger partial charge in [-0.05, 0) is 72.3 Å². The number of ether oxygens (including phenoxy) is 2. The van der Waals surface area contributed by atoms with Crippen molar-refractivity contribution < 1.29 is 23.5 Å². The molecule has 4 rings (SSSR count). The number of carbonyl (C=O) groups excluding carboxylic acids is 2. The van der Waals surface area contributed by atoms with Crippen LogP contribution in [-0.2, 0) is 9.53 Å². The zero-order valence-electron chi connectivity index (χ0n) is 17.4. The number of carbonyl (C=O) groups is 2. The molecule has 160 valence electrons. The SMILES string of the molecule is COC(=O)c1ccc(C=C2N=C(c3ccc(OC)cc3)N(c3ccc(F)cc3)C2=O)cc1. The average molecular weight is 430 g/mol. The van der Waals surface area contributed by atoms with Crippen molar-refractivity contribution in [2.75, 3.05) is 19.1 Å². The molecule has 3 aromatic rings. The van der Waals surface area contributed by atoms with Crippen molar-refractivity contribution in [1.82, 2.24) is 0 Å². The molecular weight excluding hydrogens is 411 g/mol. The molecule has 0 N–H and O–H groups in total. The lowest BCUT2D eigenvalue weighted by Crippen LogP contribution is -2.32. The van der Waals surface area contributed by atoms with Gasteiger partial charge in [0.2, 0.25) is 0 Å². The second kappa shape index (κ2) is 8.85. The molecule has 0 fully saturated rings. The van der Waals surface area contributed by atoms with Crippen molar-refractivity contribution in [3.63, 3.8) is 0 Å². The van der Waals surface area contributed by atoms with Crippen LogP contribution in [0.5, 0.6) is 5.75 Å². The van der Waals surface area contributed by atoms with E-state index < -0.39 is 11.8 Å². The normalized spacial score (nSPS) is 14.5. The molecule has 3 aromatic carbocycles. The first kappa shape index (κ1) is 21.0. The highest BCUT2D eigenvalue weighted by atomic mass is 19.1. The van der Waals surface area contributed by atoms with E-state index in [1.165, 1.54) is 36.3 Å². The van der Waals surface area contributed by atoms with E-state index in [0.717, 1.165) is 0 Å². The van der Waals surface area contributed by atoms with Gasteiger partial charge in [-0.25, -0.2) is 14.2 Å². The zero-order valence-corrected chi connectivity index (χ0v) is 17.4. The van der Waals surface area contributed by atoms with Crippen molar-refractivity contribution in [2.45, 2.75) is 0 Å². The molecule has 0 aliphatic carbocycles. The Hall–Kier alpha value is -4.26. The number of amidine groups is 1. The Kier molecular flexibility index (Phi) is 5.81. The highest BCUT2D eigenvalue weighted by Crippen LogP contribution is 2.28. The molecule has 1 amide bonds. The quantitative estimate of drug-likeness (QED) is 0.443. The Balaban J connectivity index is 1.75. The number of aliphatic imine (C=N–C) groups is 1. The van der Waals surface area contributed by atoms with E-state index in [9.17, 15) is 14.0 Å². The maximum atomic E-state index is 13.5. The summed E-state index contributed by atoms with van der Waals surface area (Å²) in [4.78, 5) is 30.9. The molecule has 1 aliphatic rings. The third-order valence-corrected chi connectivity index (χ3v) is 4.93. The van der Waals surface area contributed by atoms with Gasteiger partial charge in [-0.15, -0.1) is 0 Å². The van der Waals surface area contributed by atoms with Gasteiger partial charge in [-0.3, -0.25) is 9.69 Å². The lowest BCUT2D eigenvalue weighted by molar-refractivity contribution is -0.113. The Labute approximate surface area is 184 Å². The summed E-state index contributed by atoms with van der Waals surface area (Å²) in [5.74, 6) is -0.0946.